The molecule has 0 saturated carbocycles. The van der Waals surface area contributed by atoms with E-state index in [1.54, 1.807) is 18.2 Å². The first kappa shape index (κ1) is 16.7. The van der Waals surface area contributed by atoms with Crippen molar-refractivity contribution >= 4 is 44.3 Å². The summed E-state index contributed by atoms with van der Waals surface area (Å²) in [6, 6.07) is 8.09. The smallest absolute Gasteiger partial charge is 0.250 e. The average Bonchev–Trinajstić information content (AvgIpc) is 3.25. The summed E-state index contributed by atoms with van der Waals surface area (Å²) >= 11 is 8.08. The van der Waals surface area contributed by atoms with Gasteiger partial charge in [-0.15, -0.1) is 22.7 Å². The van der Waals surface area contributed by atoms with E-state index in [0.29, 0.717) is 14.8 Å². The molecule has 0 aliphatic heterocycles. The van der Waals surface area contributed by atoms with Crippen molar-refractivity contribution in [3.63, 3.8) is 0 Å². The van der Waals surface area contributed by atoms with Crippen LogP contribution in [0, 0.1) is 0 Å². The van der Waals surface area contributed by atoms with Crippen LogP contribution in [-0.4, -0.2) is 20.1 Å². The Morgan fingerprint density at radius 2 is 2.13 bits per heavy atom. The number of rotatable bonds is 6. The van der Waals surface area contributed by atoms with Crippen LogP contribution < -0.4 is 4.72 Å². The van der Waals surface area contributed by atoms with Gasteiger partial charge in [0.1, 0.15) is 9.81 Å². The number of furan rings is 1. The zero-order valence-corrected chi connectivity index (χ0v) is 14.8. The molecule has 3 aromatic heterocycles. The molecule has 122 valence electrons. The third-order valence-electron chi connectivity index (χ3n) is 3.26. The van der Waals surface area contributed by atoms with Crippen LogP contribution in [0.1, 0.15) is 10.4 Å². The molecule has 0 radical (unpaired) electrons. The SMILES string of the molecule is O=S(=O)(NCC(O)(c1ccoc1)c1cccs1)c1ccc(Cl)s1. The van der Waals surface area contributed by atoms with Crippen molar-refractivity contribution in [3.05, 3.63) is 63.0 Å². The van der Waals surface area contributed by atoms with E-state index in [0.717, 1.165) is 11.3 Å². The van der Waals surface area contributed by atoms with Gasteiger partial charge in [0.15, 0.2) is 0 Å². The lowest BCUT2D eigenvalue weighted by Crippen LogP contribution is -2.40. The lowest BCUT2D eigenvalue weighted by molar-refractivity contribution is 0.0892. The summed E-state index contributed by atoms with van der Waals surface area (Å²) in [5.74, 6) is 0. The standard InChI is InChI=1S/C14H12ClNO4S3/c15-12-3-4-13(22-12)23(18,19)16-9-14(17,10-5-6-20-8-10)11-2-1-7-21-11/h1-8,16-17H,9H2. The highest BCUT2D eigenvalue weighted by Gasteiger charge is 2.35. The van der Waals surface area contributed by atoms with E-state index in [1.807, 2.05) is 5.38 Å². The van der Waals surface area contributed by atoms with E-state index in [9.17, 15) is 13.5 Å². The van der Waals surface area contributed by atoms with Gasteiger partial charge in [-0.25, -0.2) is 13.1 Å². The molecule has 0 bridgehead atoms. The molecule has 5 nitrogen and oxygen atoms in total. The van der Waals surface area contributed by atoms with Crippen LogP contribution in [0.15, 0.2) is 56.9 Å². The molecular weight excluding hydrogens is 378 g/mol. The Balaban J connectivity index is 1.89. The number of sulfonamides is 1. The number of hydrogen-bond donors (Lipinski definition) is 2. The number of hydrogen-bond acceptors (Lipinski definition) is 6. The van der Waals surface area contributed by atoms with Crippen LogP contribution in [0.4, 0.5) is 0 Å². The van der Waals surface area contributed by atoms with Gasteiger partial charge in [0.25, 0.3) is 0 Å². The maximum atomic E-state index is 12.3. The third-order valence-corrected chi connectivity index (χ3v) is 7.40. The fraction of sp³-hybridized carbons (Fsp3) is 0.143. The summed E-state index contributed by atoms with van der Waals surface area (Å²) in [6.07, 6.45) is 2.83. The minimum Gasteiger partial charge on any atom is -0.472 e. The van der Waals surface area contributed by atoms with E-state index in [-0.39, 0.29) is 10.8 Å². The van der Waals surface area contributed by atoms with E-state index in [1.165, 1.54) is 36.0 Å². The van der Waals surface area contributed by atoms with Crippen LogP contribution in [0.25, 0.3) is 0 Å². The molecule has 23 heavy (non-hydrogen) atoms. The fourth-order valence-corrected chi connectivity index (χ4v) is 5.49. The number of halogens is 1. The molecule has 0 amide bonds. The van der Waals surface area contributed by atoms with Gasteiger partial charge in [0.05, 0.1) is 16.9 Å². The number of nitrogens with one attached hydrogen (secondary N) is 1. The maximum Gasteiger partial charge on any atom is 0.250 e. The Bertz CT molecular complexity index is 835. The van der Waals surface area contributed by atoms with Crippen LogP contribution >= 0.6 is 34.3 Å². The Morgan fingerprint density at radius 3 is 2.70 bits per heavy atom. The fourth-order valence-electron chi connectivity index (χ4n) is 2.06. The summed E-state index contributed by atoms with van der Waals surface area (Å²) in [6.45, 7) is -0.217. The Hall–Kier alpha value is -1.16. The van der Waals surface area contributed by atoms with E-state index < -0.39 is 15.6 Å². The third kappa shape index (κ3) is 3.37. The van der Waals surface area contributed by atoms with Gasteiger partial charge < -0.3 is 9.52 Å². The van der Waals surface area contributed by atoms with Gasteiger partial charge in [-0.3, -0.25) is 0 Å². The summed E-state index contributed by atoms with van der Waals surface area (Å²) in [5.41, 5.74) is -1.03. The van der Waals surface area contributed by atoms with Gasteiger partial charge in [0, 0.05) is 17.0 Å². The molecule has 3 rings (SSSR count). The zero-order valence-electron chi connectivity index (χ0n) is 11.6. The highest BCUT2D eigenvalue weighted by Crippen LogP contribution is 2.33. The summed E-state index contributed by atoms with van der Waals surface area (Å²) < 4.78 is 32.6. The average molecular weight is 390 g/mol. The van der Waals surface area contributed by atoms with E-state index >= 15 is 0 Å². The second-order valence-electron chi connectivity index (χ2n) is 4.73. The predicted molar refractivity (Wildman–Crippen MR) is 90.5 cm³/mol. The van der Waals surface area contributed by atoms with Gasteiger partial charge in [0.2, 0.25) is 10.0 Å². The number of aliphatic hydroxyl groups is 1. The van der Waals surface area contributed by atoms with Crippen LogP contribution in [0.2, 0.25) is 4.34 Å². The van der Waals surface area contributed by atoms with Gasteiger partial charge in [-0.05, 0) is 29.6 Å². The molecule has 0 spiro atoms. The van der Waals surface area contributed by atoms with Crippen LogP contribution in [-0.2, 0) is 15.6 Å². The second kappa shape index (κ2) is 6.39. The van der Waals surface area contributed by atoms with Crippen molar-refractivity contribution in [3.8, 4) is 0 Å². The monoisotopic (exact) mass is 389 g/mol. The quantitative estimate of drug-likeness (QED) is 0.678. The van der Waals surface area contributed by atoms with Crippen LogP contribution in [0.5, 0.6) is 0 Å². The van der Waals surface area contributed by atoms with Crippen LogP contribution in [0.3, 0.4) is 0 Å². The molecule has 0 aliphatic rings. The van der Waals surface area contributed by atoms with Crippen molar-refractivity contribution in [2.24, 2.45) is 0 Å². The van der Waals surface area contributed by atoms with Crippen molar-refractivity contribution in [2.75, 3.05) is 6.54 Å². The van der Waals surface area contributed by atoms with Gasteiger partial charge in [-0.1, -0.05) is 17.7 Å². The zero-order chi connectivity index (χ0) is 16.5. The molecule has 3 aromatic rings. The Morgan fingerprint density at radius 1 is 1.30 bits per heavy atom. The van der Waals surface area contributed by atoms with Crippen molar-refractivity contribution in [1.29, 1.82) is 0 Å². The first-order valence-corrected chi connectivity index (χ1v) is 10.0. The van der Waals surface area contributed by atoms with Gasteiger partial charge in [-0.2, -0.15) is 0 Å². The molecule has 0 saturated heterocycles. The molecule has 1 atom stereocenters. The van der Waals surface area contributed by atoms with Crippen molar-refractivity contribution in [2.45, 2.75) is 9.81 Å². The molecule has 2 N–H and O–H groups in total. The topological polar surface area (TPSA) is 79.5 Å². The normalized spacial score (nSPS) is 14.7. The lowest BCUT2D eigenvalue weighted by atomic mass is 9.95. The van der Waals surface area contributed by atoms with E-state index in [4.69, 9.17) is 16.0 Å². The predicted octanol–water partition coefficient (Wildman–Crippen LogP) is 3.27. The molecule has 0 aliphatic carbocycles. The highest BCUT2D eigenvalue weighted by atomic mass is 35.5. The number of thiophene rings is 2. The summed E-state index contributed by atoms with van der Waals surface area (Å²) in [5, 5.41) is 12.9. The largest absolute Gasteiger partial charge is 0.472 e. The Kier molecular flexibility index (Phi) is 4.63. The van der Waals surface area contributed by atoms with Crippen molar-refractivity contribution < 1.29 is 17.9 Å². The molecule has 9 heteroatoms. The van der Waals surface area contributed by atoms with E-state index in [2.05, 4.69) is 4.72 Å². The molecule has 0 fully saturated rings. The maximum absolute atomic E-state index is 12.3. The minimum absolute atomic E-state index is 0.100. The Labute approximate surface area is 146 Å². The summed E-state index contributed by atoms with van der Waals surface area (Å²) in [4.78, 5) is 0.616. The molecule has 0 aromatic carbocycles. The van der Waals surface area contributed by atoms with Gasteiger partial charge >= 0.3 is 0 Å². The lowest BCUT2D eigenvalue weighted by Gasteiger charge is -2.26. The first-order chi connectivity index (χ1) is 10.9. The second-order valence-corrected chi connectivity index (χ2v) is 9.39. The molecule has 3 heterocycles. The molecule has 1 unspecified atom stereocenters. The summed E-state index contributed by atoms with van der Waals surface area (Å²) in [7, 11) is -3.76. The van der Waals surface area contributed by atoms with Crippen molar-refractivity contribution in [1.82, 2.24) is 4.72 Å². The molecular formula is C14H12ClNO4S3. The highest BCUT2D eigenvalue weighted by molar-refractivity contribution is 7.91. The minimum atomic E-state index is -3.76. The first-order valence-electron chi connectivity index (χ1n) is 6.46.